The smallest absolute Gasteiger partial charge is 0.0348 e. The number of aryl methyl sites for hydroxylation is 1. The van der Waals surface area contributed by atoms with Crippen molar-refractivity contribution >= 4 is 21.4 Å². The average molecular weight is 245 g/mol. The van der Waals surface area contributed by atoms with Crippen LogP contribution in [0.5, 0.6) is 0 Å². The molecule has 3 rings (SSSR count). The molecule has 2 heteroatoms. The molecule has 0 spiro atoms. The van der Waals surface area contributed by atoms with Gasteiger partial charge in [0.15, 0.2) is 0 Å². The Morgan fingerprint density at radius 1 is 1.24 bits per heavy atom. The number of rotatable bonds is 2. The molecule has 0 radical (unpaired) electrons. The lowest BCUT2D eigenvalue weighted by Crippen LogP contribution is -2.28. The second-order valence-electron chi connectivity index (χ2n) is 5.04. The zero-order valence-electron chi connectivity index (χ0n) is 10.3. The third-order valence-corrected chi connectivity index (χ3v) is 5.17. The van der Waals surface area contributed by atoms with E-state index in [4.69, 9.17) is 0 Å². The van der Waals surface area contributed by atoms with E-state index in [9.17, 15) is 0 Å². The van der Waals surface area contributed by atoms with Crippen LogP contribution >= 0.6 is 11.3 Å². The van der Waals surface area contributed by atoms with Crippen LogP contribution in [0, 0.1) is 12.8 Å². The molecule has 2 heterocycles. The van der Waals surface area contributed by atoms with E-state index in [1.165, 1.54) is 48.0 Å². The minimum absolute atomic E-state index is 0.892. The Kier molecular flexibility index (Phi) is 3.17. The predicted molar refractivity (Wildman–Crippen MR) is 75.9 cm³/mol. The molecular weight excluding hydrogens is 226 g/mol. The summed E-state index contributed by atoms with van der Waals surface area (Å²) < 4.78 is 1.45. The van der Waals surface area contributed by atoms with Crippen LogP contribution < -0.4 is 5.32 Å². The molecule has 1 nitrogen and oxygen atoms in total. The normalized spacial score (nSPS) is 17.7. The van der Waals surface area contributed by atoms with Crippen molar-refractivity contribution < 1.29 is 0 Å². The van der Waals surface area contributed by atoms with Crippen molar-refractivity contribution in [1.29, 1.82) is 0 Å². The summed E-state index contributed by atoms with van der Waals surface area (Å²) in [6.45, 7) is 4.69. The Labute approximate surface area is 107 Å². The van der Waals surface area contributed by atoms with Gasteiger partial charge in [0.25, 0.3) is 0 Å². The predicted octanol–water partition coefficient (Wildman–Crippen LogP) is 3.75. The first-order valence-electron chi connectivity index (χ1n) is 6.52. The molecule has 17 heavy (non-hydrogen) atoms. The minimum Gasteiger partial charge on any atom is -0.317 e. The summed E-state index contributed by atoms with van der Waals surface area (Å²) in [6.07, 6.45) is 3.97. The van der Waals surface area contributed by atoms with E-state index < -0.39 is 0 Å². The molecular formula is C15H19NS. The van der Waals surface area contributed by atoms with Gasteiger partial charge in [-0.05, 0) is 62.2 Å². The molecule has 0 saturated carbocycles. The summed E-state index contributed by atoms with van der Waals surface area (Å²) in [4.78, 5) is 1.61. The van der Waals surface area contributed by atoms with Crippen LogP contribution in [0.4, 0.5) is 0 Å². The number of piperidine rings is 1. The first-order valence-corrected chi connectivity index (χ1v) is 7.34. The Morgan fingerprint density at radius 3 is 2.76 bits per heavy atom. The number of fused-ring (bicyclic) bond motifs is 1. The van der Waals surface area contributed by atoms with Gasteiger partial charge >= 0.3 is 0 Å². The van der Waals surface area contributed by atoms with Gasteiger partial charge in [-0.3, -0.25) is 0 Å². The number of hydrogen-bond donors (Lipinski definition) is 1. The topological polar surface area (TPSA) is 12.0 Å². The lowest BCUT2D eigenvalue weighted by atomic mass is 9.93. The van der Waals surface area contributed by atoms with Crippen LogP contribution in [-0.2, 0) is 6.42 Å². The van der Waals surface area contributed by atoms with E-state index in [0.717, 1.165) is 5.92 Å². The number of thiophene rings is 1. The highest BCUT2D eigenvalue weighted by Crippen LogP contribution is 2.33. The standard InChI is InChI=1S/C15H19NS/c1-11-13-4-2-3-5-14(13)17-15(11)10-12-6-8-16-9-7-12/h2-5,12,16H,6-10H2,1H3. The third-order valence-electron chi connectivity index (χ3n) is 3.88. The molecule has 1 aliphatic heterocycles. The van der Waals surface area contributed by atoms with Crippen LogP contribution in [0.15, 0.2) is 24.3 Å². The van der Waals surface area contributed by atoms with Gasteiger partial charge in [0.1, 0.15) is 0 Å². The Hall–Kier alpha value is -0.860. The lowest BCUT2D eigenvalue weighted by molar-refractivity contribution is 0.374. The average Bonchev–Trinajstić information content (AvgIpc) is 2.68. The Balaban J connectivity index is 1.87. The van der Waals surface area contributed by atoms with Gasteiger partial charge < -0.3 is 5.32 Å². The number of hydrogen-bond acceptors (Lipinski definition) is 2. The van der Waals surface area contributed by atoms with Gasteiger partial charge in [-0.15, -0.1) is 11.3 Å². The van der Waals surface area contributed by atoms with Crippen LogP contribution in [0.25, 0.3) is 10.1 Å². The molecule has 0 unspecified atom stereocenters. The second-order valence-corrected chi connectivity index (χ2v) is 6.18. The second kappa shape index (κ2) is 4.79. The molecule has 0 atom stereocenters. The summed E-state index contributed by atoms with van der Waals surface area (Å²) in [7, 11) is 0. The van der Waals surface area contributed by atoms with E-state index in [2.05, 4.69) is 36.5 Å². The van der Waals surface area contributed by atoms with Crippen molar-refractivity contribution in [3.63, 3.8) is 0 Å². The number of nitrogens with one attached hydrogen (secondary N) is 1. The van der Waals surface area contributed by atoms with Crippen LogP contribution in [-0.4, -0.2) is 13.1 Å². The van der Waals surface area contributed by atoms with Gasteiger partial charge in [0, 0.05) is 9.58 Å². The fourth-order valence-corrected chi connectivity index (χ4v) is 4.09. The largest absolute Gasteiger partial charge is 0.317 e. The molecule has 1 aromatic heterocycles. The molecule has 0 aliphatic carbocycles. The highest BCUT2D eigenvalue weighted by Gasteiger charge is 2.16. The molecule has 1 aliphatic rings. The quantitative estimate of drug-likeness (QED) is 0.849. The molecule has 90 valence electrons. The van der Waals surface area contributed by atoms with E-state index in [1.807, 2.05) is 11.3 Å². The van der Waals surface area contributed by atoms with E-state index >= 15 is 0 Å². The maximum atomic E-state index is 3.45. The van der Waals surface area contributed by atoms with Gasteiger partial charge in [-0.2, -0.15) is 0 Å². The fourth-order valence-electron chi connectivity index (χ4n) is 2.77. The van der Waals surface area contributed by atoms with Crippen molar-refractivity contribution in [3.05, 3.63) is 34.7 Å². The molecule has 1 saturated heterocycles. The van der Waals surface area contributed by atoms with Crippen molar-refractivity contribution in [2.24, 2.45) is 5.92 Å². The molecule has 1 fully saturated rings. The van der Waals surface area contributed by atoms with Crippen LogP contribution in [0.1, 0.15) is 23.3 Å². The summed E-state index contributed by atoms with van der Waals surface area (Å²) in [6, 6.07) is 8.80. The zero-order chi connectivity index (χ0) is 11.7. The Morgan fingerprint density at radius 2 is 2.00 bits per heavy atom. The zero-order valence-corrected chi connectivity index (χ0v) is 11.1. The van der Waals surface area contributed by atoms with Crippen molar-refractivity contribution in [1.82, 2.24) is 5.32 Å². The minimum atomic E-state index is 0.892. The maximum absolute atomic E-state index is 3.45. The number of benzene rings is 1. The summed E-state index contributed by atoms with van der Waals surface area (Å²) >= 11 is 2.00. The molecule has 0 amide bonds. The van der Waals surface area contributed by atoms with Gasteiger partial charge in [0.05, 0.1) is 0 Å². The van der Waals surface area contributed by atoms with Crippen LogP contribution in [0.2, 0.25) is 0 Å². The molecule has 0 bridgehead atoms. The third kappa shape index (κ3) is 2.24. The Bertz CT molecular complexity index is 509. The van der Waals surface area contributed by atoms with Gasteiger partial charge in [0.2, 0.25) is 0 Å². The first kappa shape index (κ1) is 11.2. The van der Waals surface area contributed by atoms with E-state index in [1.54, 1.807) is 4.88 Å². The molecule has 1 aromatic carbocycles. The van der Waals surface area contributed by atoms with E-state index in [0.29, 0.717) is 0 Å². The van der Waals surface area contributed by atoms with Gasteiger partial charge in [-0.1, -0.05) is 18.2 Å². The van der Waals surface area contributed by atoms with E-state index in [-0.39, 0.29) is 0 Å². The maximum Gasteiger partial charge on any atom is 0.0348 e. The lowest BCUT2D eigenvalue weighted by Gasteiger charge is -2.22. The van der Waals surface area contributed by atoms with Crippen molar-refractivity contribution in [2.45, 2.75) is 26.2 Å². The molecule has 1 N–H and O–H groups in total. The van der Waals surface area contributed by atoms with Crippen molar-refractivity contribution in [3.8, 4) is 0 Å². The van der Waals surface area contributed by atoms with Crippen LogP contribution in [0.3, 0.4) is 0 Å². The fraction of sp³-hybridized carbons (Fsp3) is 0.467. The SMILES string of the molecule is Cc1c(CC2CCNCC2)sc2ccccc12. The highest BCUT2D eigenvalue weighted by molar-refractivity contribution is 7.19. The highest BCUT2D eigenvalue weighted by atomic mass is 32.1. The van der Waals surface area contributed by atoms with Crippen molar-refractivity contribution in [2.75, 3.05) is 13.1 Å². The van der Waals surface area contributed by atoms with Gasteiger partial charge in [-0.25, -0.2) is 0 Å². The summed E-state index contributed by atoms with van der Waals surface area (Å²) in [5.41, 5.74) is 1.52. The molecule has 2 aromatic rings. The summed E-state index contributed by atoms with van der Waals surface area (Å²) in [5, 5.41) is 4.90. The monoisotopic (exact) mass is 245 g/mol. The first-order chi connectivity index (χ1) is 8.34. The summed E-state index contributed by atoms with van der Waals surface area (Å²) in [5.74, 6) is 0.892.